The summed E-state index contributed by atoms with van der Waals surface area (Å²) < 4.78 is 21.6. The monoisotopic (exact) mass is 940 g/mol. The molecule has 0 aliphatic carbocycles. The Hall–Kier alpha value is -4.34. The van der Waals surface area contributed by atoms with Gasteiger partial charge in [0.05, 0.1) is 58.0 Å². The molecule has 0 bridgehead atoms. The zero-order valence-corrected chi connectivity index (χ0v) is 39.3. The number of unbranched alkanes of at least 4 members (excludes halogenated alkanes) is 14. The molecule has 1 aromatic rings. The molecule has 0 saturated carbocycles. The highest BCUT2D eigenvalue weighted by molar-refractivity contribution is 5.88. The van der Waals surface area contributed by atoms with Crippen molar-refractivity contribution in [1.29, 1.82) is 0 Å². The summed E-state index contributed by atoms with van der Waals surface area (Å²) in [5, 5.41) is 28.2. The number of Topliss-reactive ketones (excluding diaryl/α,β-unsaturated/α-hetero) is 2. The van der Waals surface area contributed by atoms with Crippen molar-refractivity contribution in [2.45, 2.75) is 153 Å². The van der Waals surface area contributed by atoms with Crippen LogP contribution in [-0.2, 0) is 58.9 Å². The minimum atomic E-state index is -1.20. The Labute approximate surface area is 390 Å². The third-order valence-electron chi connectivity index (χ3n) is 10.5. The van der Waals surface area contributed by atoms with Crippen molar-refractivity contribution in [3.8, 4) is 0 Å². The van der Waals surface area contributed by atoms with E-state index in [9.17, 15) is 33.6 Å². The molecule has 0 aromatic carbocycles. The Balaban J connectivity index is 1.91. The molecule has 9 N–H and O–H groups in total. The Kier molecular flexibility index (Phi) is 38.0. The maximum Gasteiger partial charge on any atom is 0.322 e. The number of ether oxygens (including phenoxy) is 4. The van der Waals surface area contributed by atoms with Gasteiger partial charge in [-0.05, 0) is 38.5 Å². The number of carbonyl (C=O) groups excluding carboxylic acids is 5. The summed E-state index contributed by atoms with van der Waals surface area (Å²) in [6, 6.07) is -1.65. The number of nitrogens with one attached hydrogen (secondary N) is 5. The van der Waals surface area contributed by atoms with Crippen LogP contribution in [0.4, 0.5) is 0 Å². The molecule has 20 heteroatoms. The Morgan fingerprint density at radius 3 is 1.67 bits per heavy atom. The van der Waals surface area contributed by atoms with Gasteiger partial charge in [-0.3, -0.25) is 38.9 Å². The number of amides is 3. The molecule has 1 heterocycles. The number of hydrogen-bond acceptors (Lipinski definition) is 14. The first-order valence-electron chi connectivity index (χ1n) is 24.0. The molecule has 378 valence electrons. The number of carboxylic acid groups (broad SMARTS) is 2. The first-order valence-corrected chi connectivity index (χ1v) is 24.0. The minimum absolute atomic E-state index is 0.108. The van der Waals surface area contributed by atoms with Crippen LogP contribution in [0.3, 0.4) is 0 Å². The molecule has 0 unspecified atom stereocenters. The van der Waals surface area contributed by atoms with Crippen molar-refractivity contribution in [2.24, 2.45) is 5.73 Å². The lowest BCUT2D eigenvalue weighted by molar-refractivity contribution is -0.138. The van der Waals surface area contributed by atoms with E-state index < -0.39 is 36.5 Å². The summed E-state index contributed by atoms with van der Waals surface area (Å²) >= 11 is 0. The molecule has 3 amide bonds. The van der Waals surface area contributed by atoms with Crippen LogP contribution < -0.4 is 27.0 Å². The van der Waals surface area contributed by atoms with E-state index in [1.807, 2.05) is 0 Å². The second-order valence-electron chi connectivity index (χ2n) is 16.4. The van der Waals surface area contributed by atoms with Crippen LogP contribution in [0.2, 0.25) is 0 Å². The SMILES string of the molecule is N[C@@H](Cc1cnc[nH]1)C(=O)CN[C@@H](CCCCNC(=O)COCCOCCNC(=O)COCCOCCCC(=O)CCCCCCCCCCCCCCCCC(=O)O)C(=O)NCC(=O)O. The molecule has 20 nitrogen and oxygen atoms in total. The zero-order chi connectivity index (χ0) is 48.3. The van der Waals surface area contributed by atoms with E-state index in [1.165, 1.54) is 64.1 Å². The van der Waals surface area contributed by atoms with E-state index in [0.29, 0.717) is 64.0 Å². The van der Waals surface area contributed by atoms with Crippen LogP contribution in [0.5, 0.6) is 0 Å². The summed E-state index contributed by atoms with van der Waals surface area (Å²) in [6.45, 7) is 1.31. The van der Waals surface area contributed by atoms with Crippen molar-refractivity contribution in [2.75, 3.05) is 79.0 Å². The van der Waals surface area contributed by atoms with Crippen molar-refractivity contribution < 1.29 is 62.7 Å². The smallest absolute Gasteiger partial charge is 0.322 e. The number of aromatic nitrogens is 2. The number of nitrogens with two attached hydrogens (primary N) is 1. The van der Waals surface area contributed by atoms with Gasteiger partial charge >= 0.3 is 11.9 Å². The highest BCUT2D eigenvalue weighted by Crippen LogP contribution is 2.14. The molecule has 0 saturated heterocycles. The van der Waals surface area contributed by atoms with Crippen LogP contribution in [0.1, 0.15) is 141 Å². The maximum absolute atomic E-state index is 12.6. The van der Waals surface area contributed by atoms with E-state index >= 15 is 0 Å². The number of nitrogens with zero attached hydrogens (tertiary/aromatic N) is 1. The summed E-state index contributed by atoms with van der Waals surface area (Å²) in [6.07, 6.45) is 22.9. The molecular formula is C46H81N7O13. The van der Waals surface area contributed by atoms with Gasteiger partial charge < -0.3 is 55.8 Å². The molecular weight excluding hydrogens is 859 g/mol. The number of rotatable bonds is 48. The van der Waals surface area contributed by atoms with Gasteiger partial charge in [-0.2, -0.15) is 0 Å². The first kappa shape index (κ1) is 59.7. The van der Waals surface area contributed by atoms with Crippen LogP contribution in [-0.4, -0.2) is 153 Å². The van der Waals surface area contributed by atoms with Crippen LogP contribution in [0.25, 0.3) is 0 Å². The van der Waals surface area contributed by atoms with Crippen molar-refractivity contribution in [3.05, 3.63) is 18.2 Å². The van der Waals surface area contributed by atoms with E-state index in [2.05, 4.69) is 31.2 Å². The number of ketones is 2. The minimum Gasteiger partial charge on any atom is -0.481 e. The predicted octanol–water partition coefficient (Wildman–Crippen LogP) is 3.15. The highest BCUT2D eigenvalue weighted by atomic mass is 16.5. The fourth-order valence-corrected chi connectivity index (χ4v) is 6.77. The average Bonchev–Trinajstić information content (AvgIpc) is 3.80. The average molecular weight is 940 g/mol. The summed E-state index contributed by atoms with van der Waals surface area (Å²) in [4.78, 5) is 89.5. The number of H-pyrrole nitrogens is 1. The molecule has 0 fully saturated rings. The number of hydrogen-bond donors (Lipinski definition) is 8. The lowest BCUT2D eigenvalue weighted by Crippen LogP contribution is -2.49. The van der Waals surface area contributed by atoms with Gasteiger partial charge in [0.15, 0.2) is 5.78 Å². The maximum atomic E-state index is 12.6. The number of aromatic amines is 1. The molecule has 0 aliphatic heterocycles. The van der Waals surface area contributed by atoms with Crippen molar-refractivity contribution >= 4 is 41.2 Å². The quantitative estimate of drug-likeness (QED) is 0.0435. The third-order valence-corrected chi connectivity index (χ3v) is 10.5. The second-order valence-corrected chi connectivity index (χ2v) is 16.4. The van der Waals surface area contributed by atoms with Gasteiger partial charge in [-0.15, -0.1) is 0 Å². The standard InChI is InChI=1S/C46H81N7O13/c47-39(30-37-31-48-36-53-37)41(55)32-51-40(46(62)52-33-45(60)61)20-15-16-22-49-42(56)34-66-29-27-64-25-23-50-43(57)35-65-28-26-63-24-17-19-38(54)18-13-11-9-7-5-3-1-2-4-6-8-10-12-14-21-44(58)59/h31,36,39-40,51H,1-30,32-35,47H2,(H,48,53)(H,49,56)(H,50,57)(H,52,62)(H,58,59)(H,60,61)/t39-,40-/m0/s1. The summed E-state index contributed by atoms with van der Waals surface area (Å²) in [5.74, 6) is -3.11. The van der Waals surface area contributed by atoms with Crippen LogP contribution >= 0.6 is 0 Å². The van der Waals surface area contributed by atoms with E-state index in [1.54, 1.807) is 6.20 Å². The van der Waals surface area contributed by atoms with Gasteiger partial charge in [0.1, 0.15) is 25.5 Å². The number of aliphatic carboxylic acids is 2. The molecule has 1 rings (SSSR count). The third kappa shape index (κ3) is 37.8. The van der Waals surface area contributed by atoms with E-state index in [0.717, 1.165) is 32.1 Å². The summed E-state index contributed by atoms with van der Waals surface area (Å²) in [5.41, 5.74) is 6.68. The molecule has 0 aliphatic rings. The Morgan fingerprint density at radius 2 is 1.11 bits per heavy atom. The van der Waals surface area contributed by atoms with Crippen molar-refractivity contribution in [3.63, 3.8) is 0 Å². The van der Waals surface area contributed by atoms with Crippen LogP contribution in [0.15, 0.2) is 12.5 Å². The fourth-order valence-electron chi connectivity index (χ4n) is 6.77. The zero-order valence-electron chi connectivity index (χ0n) is 39.3. The van der Waals surface area contributed by atoms with Gasteiger partial charge in [0.2, 0.25) is 17.7 Å². The molecule has 1 aromatic heterocycles. The number of carbonyl (C=O) groups is 7. The van der Waals surface area contributed by atoms with Gasteiger partial charge in [-0.25, -0.2) is 4.98 Å². The normalized spacial score (nSPS) is 12.1. The highest BCUT2D eigenvalue weighted by Gasteiger charge is 2.22. The topological polar surface area (TPSA) is 300 Å². The lowest BCUT2D eigenvalue weighted by atomic mass is 10.0. The number of carboxylic acids is 2. The van der Waals surface area contributed by atoms with Gasteiger partial charge in [0, 0.05) is 57.3 Å². The van der Waals surface area contributed by atoms with E-state index in [-0.39, 0.29) is 89.0 Å². The van der Waals surface area contributed by atoms with Crippen LogP contribution in [0, 0.1) is 0 Å². The van der Waals surface area contributed by atoms with E-state index in [4.69, 9.17) is 34.9 Å². The predicted molar refractivity (Wildman–Crippen MR) is 247 cm³/mol. The lowest BCUT2D eigenvalue weighted by Gasteiger charge is -2.19. The molecule has 66 heavy (non-hydrogen) atoms. The molecule has 0 spiro atoms. The molecule has 0 radical (unpaired) electrons. The molecule has 2 atom stereocenters. The Bertz CT molecular complexity index is 1450. The van der Waals surface area contributed by atoms with Gasteiger partial charge in [0.25, 0.3) is 0 Å². The van der Waals surface area contributed by atoms with Crippen molar-refractivity contribution in [1.82, 2.24) is 31.2 Å². The largest absolute Gasteiger partial charge is 0.481 e. The second kappa shape index (κ2) is 42.0. The Morgan fingerprint density at radius 1 is 0.576 bits per heavy atom. The fraction of sp³-hybridized carbons (Fsp3) is 0.783. The first-order chi connectivity index (χ1) is 32.0. The number of imidazole rings is 1. The van der Waals surface area contributed by atoms with Gasteiger partial charge in [-0.1, -0.05) is 77.0 Å². The summed E-state index contributed by atoms with van der Waals surface area (Å²) in [7, 11) is 0.